The van der Waals surface area contributed by atoms with Crippen LogP contribution in [0.15, 0.2) is 18.2 Å². The maximum Gasteiger partial charge on any atom is 0.0630 e. The molecule has 0 amide bonds. The number of rotatable bonds is 1. The summed E-state index contributed by atoms with van der Waals surface area (Å²) < 4.78 is 0. The molecule has 3 nitrogen and oxygen atoms in total. The molecule has 2 bridgehead atoms. The largest absolute Gasteiger partial charge is 0.397 e. The highest BCUT2D eigenvalue weighted by atomic mass is 15.3. The predicted octanol–water partition coefficient (Wildman–Crippen LogP) is 2.25. The van der Waals surface area contributed by atoms with Crippen LogP contribution >= 0.6 is 0 Å². The second-order valence-electron chi connectivity index (χ2n) is 5.80. The van der Waals surface area contributed by atoms with Crippen molar-refractivity contribution < 1.29 is 0 Å². The molecule has 1 aromatic carbocycles. The Balaban J connectivity index is 1.89. The van der Waals surface area contributed by atoms with Crippen LogP contribution < -0.4 is 10.6 Å². The number of fused-ring (bicyclic) bond motifs is 2. The van der Waals surface area contributed by atoms with E-state index in [1.165, 1.54) is 30.5 Å². The van der Waals surface area contributed by atoms with Gasteiger partial charge in [-0.05, 0) is 44.9 Å². The molecule has 3 heteroatoms. The van der Waals surface area contributed by atoms with Gasteiger partial charge in [-0.15, -0.1) is 0 Å². The number of nitrogens with two attached hydrogens (primary N) is 1. The normalized spacial score (nSPS) is 28.4. The second-order valence-corrected chi connectivity index (χ2v) is 5.80. The Bertz CT molecular complexity index is 423. The lowest BCUT2D eigenvalue weighted by Gasteiger charge is -2.29. The van der Waals surface area contributed by atoms with Crippen molar-refractivity contribution in [3.05, 3.63) is 23.8 Å². The Morgan fingerprint density at radius 1 is 1.17 bits per heavy atom. The van der Waals surface area contributed by atoms with Crippen LogP contribution in [0.2, 0.25) is 0 Å². The molecule has 0 spiro atoms. The van der Waals surface area contributed by atoms with E-state index in [2.05, 4.69) is 29.8 Å². The van der Waals surface area contributed by atoms with Gasteiger partial charge in [0.1, 0.15) is 0 Å². The fraction of sp³-hybridized carbons (Fsp3) is 0.600. The van der Waals surface area contributed by atoms with Crippen LogP contribution in [-0.2, 0) is 0 Å². The lowest BCUT2D eigenvalue weighted by Crippen LogP contribution is -2.37. The van der Waals surface area contributed by atoms with E-state index in [1.807, 2.05) is 12.1 Å². The van der Waals surface area contributed by atoms with Crippen molar-refractivity contribution in [1.29, 1.82) is 0 Å². The number of likely N-dealkylation sites (N-methyl/N-ethyl adjacent to an activating group) is 1. The summed E-state index contributed by atoms with van der Waals surface area (Å²) in [5.41, 5.74) is 9.67. The molecule has 0 saturated carbocycles. The van der Waals surface area contributed by atoms with Crippen LogP contribution in [0.25, 0.3) is 0 Å². The Morgan fingerprint density at radius 3 is 2.72 bits per heavy atom. The zero-order valence-electron chi connectivity index (χ0n) is 11.4. The van der Waals surface area contributed by atoms with E-state index in [4.69, 9.17) is 5.73 Å². The average Bonchev–Trinajstić information content (AvgIpc) is 2.56. The Kier molecular flexibility index (Phi) is 2.94. The average molecular weight is 245 g/mol. The van der Waals surface area contributed by atoms with Crippen molar-refractivity contribution in [2.45, 2.75) is 38.3 Å². The van der Waals surface area contributed by atoms with Crippen LogP contribution in [0, 0.1) is 6.92 Å². The van der Waals surface area contributed by atoms with Gasteiger partial charge in [0.25, 0.3) is 0 Å². The highest BCUT2D eigenvalue weighted by Gasteiger charge is 2.35. The Labute approximate surface area is 110 Å². The van der Waals surface area contributed by atoms with Gasteiger partial charge in [-0.25, -0.2) is 0 Å². The van der Waals surface area contributed by atoms with Gasteiger partial charge in [0.15, 0.2) is 0 Å². The van der Waals surface area contributed by atoms with E-state index in [9.17, 15) is 0 Å². The van der Waals surface area contributed by atoms with Crippen molar-refractivity contribution >= 4 is 11.4 Å². The zero-order valence-corrected chi connectivity index (χ0v) is 11.4. The Hall–Kier alpha value is -1.22. The summed E-state index contributed by atoms with van der Waals surface area (Å²) in [4.78, 5) is 5.08. The first-order valence-corrected chi connectivity index (χ1v) is 6.99. The van der Waals surface area contributed by atoms with Gasteiger partial charge in [-0.2, -0.15) is 0 Å². The lowest BCUT2D eigenvalue weighted by molar-refractivity contribution is 0.254. The van der Waals surface area contributed by atoms with Crippen LogP contribution in [0.1, 0.15) is 24.8 Å². The molecule has 2 saturated heterocycles. The molecule has 0 aliphatic carbocycles. The number of benzene rings is 1. The van der Waals surface area contributed by atoms with Gasteiger partial charge < -0.3 is 10.6 Å². The first-order valence-electron chi connectivity index (χ1n) is 6.99. The Morgan fingerprint density at radius 2 is 1.94 bits per heavy atom. The van der Waals surface area contributed by atoms with Crippen molar-refractivity contribution in [2.24, 2.45) is 0 Å². The van der Waals surface area contributed by atoms with E-state index in [-0.39, 0.29) is 0 Å². The molecule has 0 radical (unpaired) electrons. The topological polar surface area (TPSA) is 32.5 Å². The van der Waals surface area contributed by atoms with Gasteiger partial charge in [0, 0.05) is 25.2 Å². The quantitative estimate of drug-likeness (QED) is 0.770. The summed E-state index contributed by atoms with van der Waals surface area (Å²) in [7, 11) is 2.28. The van der Waals surface area contributed by atoms with Crippen LogP contribution in [0.5, 0.6) is 0 Å². The molecule has 1 aromatic rings. The lowest BCUT2D eigenvalue weighted by atomic mass is 10.1. The standard InChI is InChI=1S/C15H23N3/c1-11-4-3-5-14(16)15(11)18-9-8-12-6-7-13(10-18)17(12)2/h3-5,12-13H,6-10,16H2,1-2H3. The summed E-state index contributed by atoms with van der Waals surface area (Å²) >= 11 is 0. The van der Waals surface area contributed by atoms with E-state index in [0.717, 1.165) is 24.8 Å². The minimum Gasteiger partial charge on any atom is -0.397 e. The number of anilines is 2. The predicted molar refractivity (Wildman–Crippen MR) is 77.0 cm³/mol. The molecular weight excluding hydrogens is 222 g/mol. The molecule has 2 unspecified atom stereocenters. The van der Waals surface area contributed by atoms with Crippen molar-refractivity contribution in [1.82, 2.24) is 4.90 Å². The molecule has 2 aliphatic rings. The van der Waals surface area contributed by atoms with Gasteiger partial charge in [0.05, 0.1) is 11.4 Å². The third-order valence-corrected chi connectivity index (χ3v) is 4.73. The van der Waals surface area contributed by atoms with Crippen LogP contribution in [0.4, 0.5) is 11.4 Å². The monoisotopic (exact) mass is 245 g/mol. The minimum absolute atomic E-state index is 0.705. The maximum atomic E-state index is 6.18. The molecule has 98 valence electrons. The van der Waals surface area contributed by atoms with Gasteiger partial charge >= 0.3 is 0 Å². The van der Waals surface area contributed by atoms with Crippen molar-refractivity contribution in [2.75, 3.05) is 30.8 Å². The highest BCUT2D eigenvalue weighted by molar-refractivity contribution is 5.71. The number of para-hydroxylation sites is 1. The van der Waals surface area contributed by atoms with Crippen LogP contribution in [0.3, 0.4) is 0 Å². The molecule has 2 fully saturated rings. The molecule has 2 atom stereocenters. The SMILES string of the molecule is Cc1cccc(N)c1N1CCC2CCC(C1)N2C. The van der Waals surface area contributed by atoms with Gasteiger partial charge in [0.2, 0.25) is 0 Å². The third kappa shape index (κ3) is 1.87. The highest BCUT2D eigenvalue weighted by Crippen LogP contribution is 2.34. The summed E-state index contributed by atoms with van der Waals surface area (Å²) in [6.45, 7) is 4.43. The summed E-state index contributed by atoms with van der Waals surface area (Å²) in [6.07, 6.45) is 3.97. The number of nitrogens with zero attached hydrogens (tertiary/aromatic N) is 2. The van der Waals surface area contributed by atoms with Crippen molar-refractivity contribution in [3.63, 3.8) is 0 Å². The summed E-state index contributed by atoms with van der Waals surface area (Å²) in [5.74, 6) is 0. The zero-order chi connectivity index (χ0) is 12.7. The van der Waals surface area contributed by atoms with Crippen molar-refractivity contribution in [3.8, 4) is 0 Å². The maximum absolute atomic E-state index is 6.18. The van der Waals surface area contributed by atoms with E-state index in [0.29, 0.717) is 6.04 Å². The molecule has 18 heavy (non-hydrogen) atoms. The number of hydrogen-bond acceptors (Lipinski definition) is 3. The molecular formula is C15H23N3. The second kappa shape index (κ2) is 4.47. The fourth-order valence-electron chi connectivity index (χ4n) is 3.63. The van der Waals surface area contributed by atoms with E-state index < -0.39 is 0 Å². The van der Waals surface area contributed by atoms with E-state index >= 15 is 0 Å². The summed E-state index contributed by atoms with van der Waals surface area (Å²) in [5, 5.41) is 0. The minimum atomic E-state index is 0.705. The summed E-state index contributed by atoms with van der Waals surface area (Å²) in [6, 6.07) is 7.72. The van der Waals surface area contributed by atoms with Crippen LogP contribution in [-0.4, -0.2) is 37.1 Å². The third-order valence-electron chi connectivity index (χ3n) is 4.73. The van der Waals surface area contributed by atoms with Gasteiger partial charge in [-0.3, -0.25) is 4.90 Å². The molecule has 2 N–H and O–H groups in total. The first kappa shape index (κ1) is 11.8. The first-order chi connectivity index (χ1) is 8.66. The smallest absolute Gasteiger partial charge is 0.0630 e. The number of hydrogen-bond donors (Lipinski definition) is 1. The van der Waals surface area contributed by atoms with E-state index in [1.54, 1.807) is 0 Å². The van der Waals surface area contributed by atoms with Gasteiger partial charge in [-0.1, -0.05) is 12.1 Å². The molecule has 2 aliphatic heterocycles. The fourth-order valence-corrected chi connectivity index (χ4v) is 3.63. The number of aryl methyl sites for hydroxylation is 1. The molecule has 3 rings (SSSR count). The molecule has 2 heterocycles. The number of nitrogen functional groups attached to an aromatic ring is 1. The molecule has 0 aromatic heterocycles.